The van der Waals surface area contributed by atoms with Crippen molar-refractivity contribution in [3.05, 3.63) is 29.8 Å². The minimum atomic E-state index is -4.50. The Hall–Kier alpha value is -2.25. The Bertz CT molecular complexity index is 460. The lowest BCUT2D eigenvalue weighted by atomic mass is 10.2. The molecule has 0 saturated heterocycles. The zero-order chi connectivity index (χ0) is 13.8. The van der Waals surface area contributed by atoms with Gasteiger partial charge in [0.2, 0.25) is 5.91 Å². The molecule has 5 nitrogen and oxygen atoms in total. The van der Waals surface area contributed by atoms with E-state index < -0.39 is 30.3 Å². The number of benzene rings is 1. The topological polar surface area (TPSA) is 78.4 Å². The Morgan fingerprint density at radius 2 is 1.94 bits per heavy atom. The van der Waals surface area contributed by atoms with Gasteiger partial charge in [0.25, 0.3) is 0 Å². The number of rotatable bonds is 3. The van der Waals surface area contributed by atoms with E-state index in [4.69, 9.17) is 5.11 Å². The summed E-state index contributed by atoms with van der Waals surface area (Å²) in [4.78, 5) is 21.3. The molecule has 0 aliphatic carbocycles. The summed E-state index contributed by atoms with van der Waals surface area (Å²) in [7, 11) is 0. The number of alkyl halides is 3. The third-order valence-corrected chi connectivity index (χ3v) is 1.87. The van der Waals surface area contributed by atoms with Crippen LogP contribution in [0.4, 0.5) is 23.7 Å². The van der Waals surface area contributed by atoms with E-state index in [-0.39, 0.29) is 5.69 Å². The van der Waals surface area contributed by atoms with Crippen LogP contribution in [-0.4, -0.2) is 23.7 Å². The fourth-order valence-electron chi connectivity index (χ4n) is 1.13. The second kappa shape index (κ2) is 5.39. The van der Waals surface area contributed by atoms with Crippen LogP contribution in [0.5, 0.6) is 0 Å². The molecule has 0 unspecified atom stereocenters. The summed E-state index contributed by atoms with van der Waals surface area (Å²) in [5.74, 6) is -0.753. The van der Waals surface area contributed by atoms with Crippen molar-refractivity contribution in [3.8, 4) is 0 Å². The van der Waals surface area contributed by atoms with Crippen LogP contribution in [-0.2, 0) is 11.0 Å². The van der Waals surface area contributed by atoms with Crippen molar-refractivity contribution in [2.24, 2.45) is 0 Å². The number of amides is 2. The van der Waals surface area contributed by atoms with Crippen LogP contribution < -0.4 is 10.6 Å². The highest BCUT2D eigenvalue weighted by Gasteiger charge is 2.30. The van der Waals surface area contributed by atoms with Crippen LogP contribution in [0.1, 0.15) is 5.56 Å². The third-order valence-electron chi connectivity index (χ3n) is 1.87. The molecule has 8 heteroatoms. The van der Waals surface area contributed by atoms with Gasteiger partial charge in [-0.25, -0.2) is 4.79 Å². The zero-order valence-corrected chi connectivity index (χ0v) is 8.91. The van der Waals surface area contributed by atoms with Crippen LogP contribution in [0.25, 0.3) is 0 Å². The molecule has 1 aromatic carbocycles. The maximum absolute atomic E-state index is 12.4. The first kappa shape index (κ1) is 13.8. The number of carbonyl (C=O) groups excluding carboxylic acids is 1. The standard InChI is InChI=1S/C10H9F3N2O3/c11-10(12,13)6-2-1-3-7(4-6)15-8(16)5-14-9(17)18/h1-4,14H,5H2,(H,15,16)(H,17,18). The molecule has 2 amide bonds. The summed E-state index contributed by atoms with van der Waals surface area (Å²) in [6, 6.07) is 4.04. The summed E-state index contributed by atoms with van der Waals surface area (Å²) in [6.45, 7) is -0.536. The van der Waals surface area contributed by atoms with Gasteiger partial charge in [0, 0.05) is 5.69 Å². The second-order valence-corrected chi connectivity index (χ2v) is 3.29. The van der Waals surface area contributed by atoms with Gasteiger partial charge in [-0.3, -0.25) is 4.79 Å². The Balaban J connectivity index is 2.68. The molecule has 3 N–H and O–H groups in total. The first-order chi connectivity index (χ1) is 8.29. The molecule has 0 heterocycles. The van der Waals surface area contributed by atoms with Crippen molar-refractivity contribution < 1.29 is 27.9 Å². The van der Waals surface area contributed by atoms with Crippen molar-refractivity contribution in [2.45, 2.75) is 6.18 Å². The average Bonchev–Trinajstić information content (AvgIpc) is 2.25. The summed E-state index contributed by atoms with van der Waals surface area (Å²) in [5, 5.41) is 12.2. The predicted octanol–water partition coefficient (Wildman–Crippen LogP) is 1.91. The minimum Gasteiger partial charge on any atom is -0.465 e. The molecule has 0 spiro atoms. The van der Waals surface area contributed by atoms with Crippen molar-refractivity contribution in [1.29, 1.82) is 0 Å². The second-order valence-electron chi connectivity index (χ2n) is 3.29. The fourth-order valence-corrected chi connectivity index (χ4v) is 1.13. The van der Waals surface area contributed by atoms with Gasteiger partial charge in [-0.15, -0.1) is 0 Å². The number of hydrogen-bond donors (Lipinski definition) is 3. The predicted molar refractivity (Wildman–Crippen MR) is 56.1 cm³/mol. The zero-order valence-electron chi connectivity index (χ0n) is 8.91. The molecule has 0 aliphatic rings. The van der Waals surface area contributed by atoms with E-state index in [9.17, 15) is 22.8 Å². The highest BCUT2D eigenvalue weighted by Crippen LogP contribution is 2.30. The molecular weight excluding hydrogens is 253 g/mol. The fraction of sp³-hybridized carbons (Fsp3) is 0.200. The van der Waals surface area contributed by atoms with E-state index in [0.29, 0.717) is 0 Å². The lowest BCUT2D eigenvalue weighted by molar-refractivity contribution is -0.137. The van der Waals surface area contributed by atoms with Gasteiger partial charge in [0.15, 0.2) is 0 Å². The van der Waals surface area contributed by atoms with Crippen molar-refractivity contribution >= 4 is 17.7 Å². The number of carbonyl (C=O) groups is 2. The van der Waals surface area contributed by atoms with E-state index in [1.165, 1.54) is 6.07 Å². The van der Waals surface area contributed by atoms with Crippen LogP contribution in [0.15, 0.2) is 24.3 Å². The molecule has 0 saturated carbocycles. The van der Waals surface area contributed by atoms with E-state index in [2.05, 4.69) is 5.32 Å². The highest BCUT2D eigenvalue weighted by molar-refractivity contribution is 5.93. The van der Waals surface area contributed by atoms with Gasteiger partial charge in [-0.2, -0.15) is 13.2 Å². The van der Waals surface area contributed by atoms with Crippen molar-refractivity contribution in [1.82, 2.24) is 5.32 Å². The van der Waals surface area contributed by atoms with Gasteiger partial charge in [0.1, 0.15) is 6.54 Å². The molecule has 0 fully saturated rings. The first-order valence-electron chi connectivity index (χ1n) is 4.73. The number of nitrogens with one attached hydrogen (secondary N) is 2. The Morgan fingerprint density at radius 3 is 2.50 bits per heavy atom. The summed E-state index contributed by atoms with van der Waals surface area (Å²) in [6.07, 6.45) is -5.89. The smallest absolute Gasteiger partial charge is 0.416 e. The van der Waals surface area contributed by atoms with Crippen LogP contribution >= 0.6 is 0 Å². The largest absolute Gasteiger partial charge is 0.465 e. The van der Waals surface area contributed by atoms with E-state index in [0.717, 1.165) is 18.2 Å². The van der Waals surface area contributed by atoms with Crippen LogP contribution in [0.3, 0.4) is 0 Å². The van der Waals surface area contributed by atoms with Crippen LogP contribution in [0.2, 0.25) is 0 Å². The molecule has 0 bridgehead atoms. The first-order valence-corrected chi connectivity index (χ1v) is 4.73. The summed E-state index contributed by atoms with van der Waals surface area (Å²) < 4.78 is 37.1. The molecule has 0 aliphatic heterocycles. The van der Waals surface area contributed by atoms with E-state index >= 15 is 0 Å². The highest BCUT2D eigenvalue weighted by atomic mass is 19.4. The van der Waals surface area contributed by atoms with Crippen molar-refractivity contribution in [2.75, 3.05) is 11.9 Å². The molecule has 0 radical (unpaired) electrons. The van der Waals surface area contributed by atoms with Crippen LogP contribution in [0, 0.1) is 0 Å². The van der Waals surface area contributed by atoms with Crippen molar-refractivity contribution in [3.63, 3.8) is 0 Å². The third kappa shape index (κ3) is 4.32. The lowest BCUT2D eigenvalue weighted by Crippen LogP contribution is -2.31. The maximum atomic E-state index is 12.4. The Morgan fingerprint density at radius 1 is 1.28 bits per heavy atom. The Labute approximate surface area is 99.6 Å². The number of halogens is 3. The number of hydrogen-bond acceptors (Lipinski definition) is 2. The molecule has 0 atom stereocenters. The molecule has 1 aromatic rings. The average molecular weight is 262 g/mol. The minimum absolute atomic E-state index is 0.0537. The number of anilines is 1. The Kier molecular flexibility index (Phi) is 4.13. The van der Waals surface area contributed by atoms with Gasteiger partial charge in [-0.1, -0.05) is 6.07 Å². The normalized spacial score (nSPS) is 10.8. The summed E-state index contributed by atoms with van der Waals surface area (Å²) >= 11 is 0. The van der Waals surface area contributed by atoms with E-state index in [1.807, 2.05) is 0 Å². The van der Waals surface area contributed by atoms with Gasteiger partial charge >= 0.3 is 12.3 Å². The SMILES string of the molecule is O=C(O)NCC(=O)Nc1cccc(C(F)(F)F)c1. The quantitative estimate of drug-likeness (QED) is 0.778. The molecular formula is C10H9F3N2O3. The van der Waals surface area contributed by atoms with Gasteiger partial charge in [-0.05, 0) is 18.2 Å². The number of carboxylic acid groups (broad SMARTS) is 1. The van der Waals surface area contributed by atoms with E-state index in [1.54, 1.807) is 5.32 Å². The molecule has 98 valence electrons. The molecule has 0 aromatic heterocycles. The lowest BCUT2D eigenvalue weighted by Gasteiger charge is -2.09. The van der Waals surface area contributed by atoms with Gasteiger partial charge < -0.3 is 15.7 Å². The maximum Gasteiger partial charge on any atom is 0.416 e. The molecule has 1 rings (SSSR count). The monoisotopic (exact) mass is 262 g/mol. The van der Waals surface area contributed by atoms with Gasteiger partial charge in [0.05, 0.1) is 5.56 Å². The summed E-state index contributed by atoms with van der Waals surface area (Å²) in [5.41, 5.74) is -0.950. The molecule has 18 heavy (non-hydrogen) atoms.